The molecule has 1 atom stereocenters. The third-order valence-corrected chi connectivity index (χ3v) is 6.56. The Morgan fingerprint density at radius 1 is 1.26 bits per heavy atom. The molecule has 4 rings (SSSR count). The highest BCUT2D eigenvalue weighted by molar-refractivity contribution is 8.02. The summed E-state index contributed by atoms with van der Waals surface area (Å²) in [6.45, 7) is 4.50. The number of amides is 2. The summed E-state index contributed by atoms with van der Waals surface area (Å²) in [4.78, 5) is 31.2. The minimum Gasteiger partial charge on any atom is -0.494 e. The number of nitrogens with zero attached hydrogens (tertiary/aromatic N) is 2. The highest BCUT2D eigenvalue weighted by atomic mass is 32.2. The molecule has 2 heterocycles. The average Bonchev–Trinajstić information content (AvgIpc) is 3.15. The molecular formula is C20H18N2O3S2. The fourth-order valence-corrected chi connectivity index (χ4v) is 5.41. The first-order valence-electron chi connectivity index (χ1n) is 8.68. The van der Waals surface area contributed by atoms with Crippen LogP contribution in [0.5, 0.6) is 5.75 Å². The molecule has 1 fully saturated rings. The number of rotatable bonds is 5. The van der Waals surface area contributed by atoms with E-state index in [0.29, 0.717) is 12.3 Å². The number of imide groups is 1. The van der Waals surface area contributed by atoms with Gasteiger partial charge in [-0.25, -0.2) is 9.88 Å². The SMILES string of the molecule is CCOc1ccc2nc(S[C@H]3CC(=O)N(c4cccc(C)c4)C3=O)sc2c1. The third-order valence-electron chi connectivity index (χ3n) is 4.26. The first-order chi connectivity index (χ1) is 13.0. The van der Waals surface area contributed by atoms with E-state index in [9.17, 15) is 9.59 Å². The number of ether oxygens (including phenoxy) is 1. The minimum absolute atomic E-state index is 0.164. The summed E-state index contributed by atoms with van der Waals surface area (Å²) in [5, 5.41) is -0.440. The van der Waals surface area contributed by atoms with Gasteiger partial charge in [0.15, 0.2) is 4.34 Å². The predicted molar refractivity (Wildman–Crippen MR) is 109 cm³/mol. The molecule has 27 heavy (non-hydrogen) atoms. The topological polar surface area (TPSA) is 59.5 Å². The molecule has 0 saturated carbocycles. The second kappa shape index (κ2) is 7.32. The summed E-state index contributed by atoms with van der Waals surface area (Å²) in [5.74, 6) is 0.468. The smallest absolute Gasteiger partial charge is 0.247 e. The quantitative estimate of drug-likeness (QED) is 0.595. The fraction of sp³-hybridized carbons (Fsp3) is 0.250. The summed E-state index contributed by atoms with van der Waals surface area (Å²) in [5.41, 5.74) is 2.53. The summed E-state index contributed by atoms with van der Waals surface area (Å²) in [7, 11) is 0. The van der Waals surface area contributed by atoms with Gasteiger partial charge in [-0.1, -0.05) is 23.9 Å². The maximum atomic E-state index is 12.8. The molecule has 0 unspecified atom stereocenters. The number of thioether (sulfide) groups is 1. The van der Waals surface area contributed by atoms with Crippen LogP contribution in [-0.2, 0) is 9.59 Å². The molecule has 0 radical (unpaired) electrons. The molecule has 2 amide bonds. The van der Waals surface area contributed by atoms with Crippen LogP contribution in [0.4, 0.5) is 5.69 Å². The largest absolute Gasteiger partial charge is 0.494 e. The Kier molecular flexibility index (Phi) is 4.88. The van der Waals surface area contributed by atoms with Gasteiger partial charge in [-0.3, -0.25) is 9.59 Å². The lowest BCUT2D eigenvalue weighted by Gasteiger charge is -2.15. The molecule has 0 N–H and O–H groups in total. The molecule has 3 aromatic rings. The number of benzene rings is 2. The molecule has 2 aromatic carbocycles. The van der Waals surface area contributed by atoms with Gasteiger partial charge >= 0.3 is 0 Å². The van der Waals surface area contributed by atoms with Crippen molar-refractivity contribution in [3.8, 4) is 5.75 Å². The van der Waals surface area contributed by atoms with Gasteiger partial charge in [0.05, 0.1) is 22.5 Å². The molecule has 7 heteroatoms. The van der Waals surface area contributed by atoms with Gasteiger partial charge in [0.25, 0.3) is 0 Å². The van der Waals surface area contributed by atoms with E-state index in [0.717, 1.165) is 25.9 Å². The van der Waals surface area contributed by atoms with E-state index >= 15 is 0 Å². The van der Waals surface area contributed by atoms with Crippen molar-refractivity contribution in [2.45, 2.75) is 29.9 Å². The van der Waals surface area contributed by atoms with Crippen LogP contribution in [0.15, 0.2) is 46.8 Å². The maximum Gasteiger partial charge on any atom is 0.247 e. The molecule has 1 saturated heterocycles. The molecule has 1 aliphatic rings. The van der Waals surface area contributed by atoms with Gasteiger partial charge in [0.2, 0.25) is 11.8 Å². The van der Waals surface area contributed by atoms with Crippen LogP contribution in [0, 0.1) is 6.92 Å². The Labute approximate surface area is 165 Å². The Bertz CT molecular complexity index is 1030. The Hall–Kier alpha value is -2.38. The maximum absolute atomic E-state index is 12.8. The summed E-state index contributed by atoms with van der Waals surface area (Å²) in [6.07, 6.45) is 0.192. The van der Waals surface area contributed by atoms with E-state index in [1.165, 1.54) is 28.0 Å². The Morgan fingerprint density at radius 2 is 2.11 bits per heavy atom. The second-order valence-corrected chi connectivity index (χ2v) is 8.74. The van der Waals surface area contributed by atoms with Crippen molar-refractivity contribution in [2.24, 2.45) is 0 Å². The van der Waals surface area contributed by atoms with Gasteiger partial charge in [-0.2, -0.15) is 0 Å². The summed E-state index contributed by atoms with van der Waals surface area (Å²) >= 11 is 2.88. The number of hydrogen-bond acceptors (Lipinski definition) is 6. The first kappa shape index (κ1) is 18.0. The zero-order valence-electron chi connectivity index (χ0n) is 15.0. The Balaban J connectivity index is 1.55. The van der Waals surface area contributed by atoms with E-state index < -0.39 is 5.25 Å². The van der Waals surface area contributed by atoms with Crippen LogP contribution in [-0.4, -0.2) is 28.7 Å². The van der Waals surface area contributed by atoms with Gasteiger partial charge < -0.3 is 4.74 Å². The lowest BCUT2D eigenvalue weighted by molar-refractivity contribution is -0.121. The number of anilines is 1. The first-order valence-corrected chi connectivity index (χ1v) is 10.4. The molecule has 1 aliphatic heterocycles. The normalized spacial score (nSPS) is 17.1. The number of aryl methyl sites for hydroxylation is 1. The van der Waals surface area contributed by atoms with Gasteiger partial charge in [-0.15, -0.1) is 11.3 Å². The molecular weight excluding hydrogens is 380 g/mol. The highest BCUT2D eigenvalue weighted by Crippen LogP contribution is 2.38. The second-order valence-electron chi connectivity index (χ2n) is 6.26. The van der Waals surface area contributed by atoms with Crippen molar-refractivity contribution >= 4 is 50.8 Å². The summed E-state index contributed by atoms with van der Waals surface area (Å²) < 4.78 is 7.32. The summed E-state index contributed by atoms with van der Waals surface area (Å²) in [6, 6.07) is 13.2. The number of thiazole rings is 1. The van der Waals surface area contributed by atoms with Crippen molar-refractivity contribution in [1.29, 1.82) is 0 Å². The Morgan fingerprint density at radius 3 is 2.89 bits per heavy atom. The van der Waals surface area contributed by atoms with E-state index in [2.05, 4.69) is 4.98 Å². The van der Waals surface area contributed by atoms with Gasteiger partial charge in [0.1, 0.15) is 11.0 Å². The number of carbonyl (C=O) groups excluding carboxylic acids is 2. The predicted octanol–water partition coefficient (Wildman–Crippen LogP) is 4.43. The number of hydrogen-bond donors (Lipinski definition) is 0. The van der Waals surface area contributed by atoms with Crippen LogP contribution in [0.1, 0.15) is 18.9 Å². The van der Waals surface area contributed by atoms with Crippen LogP contribution in [0.3, 0.4) is 0 Å². The van der Waals surface area contributed by atoms with Crippen molar-refractivity contribution < 1.29 is 14.3 Å². The van der Waals surface area contributed by atoms with Crippen LogP contribution < -0.4 is 9.64 Å². The van der Waals surface area contributed by atoms with E-state index in [1.807, 2.05) is 50.2 Å². The van der Waals surface area contributed by atoms with E-state index in [1.54, 1.807) is 6.07 Å². The zero-order chi connectivity index (χ0) is 19.0. The molecule has 0 bridgehead atoms. The van der Waals surface area contributed by atoms with E-state index in [-0.39, 0.29) is 18.2 Å². The number of aromatic nitrogens is 1. The fourth-order valence-electron chi connectivity index (χ4n) is 3.05. The lowest BCUT2D eigenvalue weighted by atomic mass is 10.2. The van der Waals surface area contributed by atoms with E-state index in [4.69, 9.17) is 4.74 Å². The van der Waals surface area contributed by atoms with Crippen LogP contribution in [0.25, 0.3) is 10.2 Å². The molecule has 138 valence electrons. The van der Waals surface area contributed by atoms with Gasteiger partial charge in [-0.05, 0) is 49.7 Å². The van der Waals surface area contributed by atoms with Crippen LogP contribution >= 0.6 is 23.1 Å². The molecule has 1 aromatic heterocycles. The van der Waals surface area contributed by atoms with Crippen LogP contribution in [0.2, 0.25) is 0 Å². The molecule has 5 nitrogen and oxygen atoms in total. The zero-order valence-corrected chi connectivity index (χ0v) is 16.6. The number of fused-ring (bicyclic) bond motifs is 1. The highest BCUT2D eigenvalue weighted by Gasteiger charge is 2.40. The minimum atomic E-state index is -0.440. The van der Waals surface area contributed by atoms with Crippen molar-refractivity contribution in [3.63, 3.8) is 0 Å². The number of carbonyl (C=O) groups is 2. The monoisotopic (exact) mass is 398 g/mol. The van der Waals surface area contributed by atoms with Crippen molar-refractivity contribution in [2.75, 3.05) is 11.5 Å². The molecule has 0 spiro atoms. The lowest BCUT2D eigenvalue weighted by Crippen LogP contribution is -2.31. The molecule has 0 aliphatic carbocycles. The van der Waals surface area contributed by atoms with Crippen molar-refractivity contribution in [3.05, 3.63) is 48.0 Å². The average molecular weight is 399 g/mol. The van der Waals surface area contributed by atoms with Gasteiger partial charge in [0, 0.05) is 6.42 Å². The van der Waals surface area contributed by atoms with Crippen molar-refractivity contribution in [1.82, 2.24) is 4.98 Å². The third kappa shape index (κ3) is 3.57. The standard InChI is InChI=1S/C20H18N2O3S2/c1-3-25-14-7-8-15-16(10-14)26-20(21-15)27-17-11-18(23)22(19(17)24)13-6-4-5-12(2)9-13/h4-10,17H,3,11H2,1-2H3/t17-/m0/s1.